The Kier molecular flexibility index (Phi) is 2.86. The molecule has 6 aromatic carbocycles. The molecule has 4 nitrogen and oxygen atoms in total. The first-order valence-electron chi connectivity index (χ1n) is 27.9. The lowest BCUT2D eigenvalue weighted by atomic mass is 9.76. The van der Waals surface area contributed by atoms with E-state index >= 15 is 0 Å². The molecule has 0 N–H and O–H groups in total. The molecule has 0 radical (unpaired) electrons. The minimum absolute atomic E-state index is 0.449. The van der Waals surface area contributed by atoms with Crippen molar-refractivity contribution in [2.45, 2.75) is 37.4 Å². The molecule has 4 atom stereocenters. The van der Waals surface area contributed by atoms with Gasteiger partial charge >= 0.3 is 0 Å². The number of fused-ring (bicyclic) bond motifs is 4. The minimum Gasteiger partial charge on any atom is -0.456 e. The van der Waals surface area contributed by atoms with Crippen LogP contribution in [0.15, 0.2) is 143 Å². The van der Waals surface area contributed by atoms with Crippen molar-refractivity contribution >= 4 is 32.7 Å². The van der Waals surface area contributed by atoms with Crippen molar-refractivity contribution in [3.63, 3.8) is 0 Å². The highest BCUT2D eigenvalue weighted by Crippen LogP contribution is 2.42. The van der Waals surface area contributed by atoms with E-state index in [0.29, 0.717) is 0 Å². The number of benzene rings is 6. The van der Waals surface area contributed by atoms with Gasteiger partial charge in [-0.15, -0.1) is 0 Å². The van der Waals surface area contributed by atoms with E-state index in [-0.39, 0.29) is 0 Å². The third-order valence-electron chi connectivity index (χ3n) is 7.32. The Morgan fingerprint density at radius 3 is 1.68 bits per heavy atom. The lowest BCUT2D eigenvalue weighted by Crippen LogP contribution is -2.12. The molecule has 1 fully saturated rings. The van der Waals surface area contributed by atoms with Crippen LogP contribution < -0.4 is 0 Å². The molecule has 1 saturated carbocycles. The molecule has 8 aromatic rings. The standard InChI is InChI=1S/C43H33N3O/c1-3-10-31(11-4-1)41-44-42(32-12-5-2-6-13-32)46-43(45-41)36-21-23-37-38-26-35(22-24-39(38)47-40(37)27-36)30-17-15-29(16-18-30)34-20-19-28-9-7-8-14-33(28)25-34/h1-14,19-27,29-30H,15-18H2/i1D,2D,3D,4D,5D,6D,7D,8D,9D,10D,11D,12D,13D,14D,15D,16D,17D,18D,19D,20D,21D,22D,23D,24D,25D,26D,27D. The fourth-order valence-electron chi connectivity index (χ4n) is 5.07. The quantitative estimate of drug-likeness (QED) is 0.189. The molecular weight excluding hydrogens is 574 g/mol. The highest BCUT2D eigenvalue weighted by Gasteiger charge is 2.24. The van der Waals surface area contributed by atoms with Gasteiger partial charge in [-0.05, 0) is 83.5 Å². The van der Waals surface area contributed by atoms with Crippen molar-refractivity contribution < 1.29 is 41.4 Å². The first-order valence-corrected chi connectivity index (χ1v) is 14.1. The largest absolute Gasteiger partial charge is 0.456 e. The maximum Gasteiger partial charge on any atom is 0.164 e. The zero-order valence-corrected chi connectivity index (χ0v) is 23.7. The predicted octanol–water partition coefficient (Wildman–Crippen LogP) is 11.4. The van der Waals surface area contributed by atoms with Crippen LogP contribution in [0.5, 0.6) is 0 Å². The summed E-state index contributed by atoms with van der Waals surface area (Å²) in [6.45, 7) is 0. The van der Waals surface area contributed by atoms with Crippen molar-refractivity contribution in [2.24, 2.45) is 0 Å². The van der Waals surface area contributed by atoms with Crippen molar-refractivity contribution in [1.82, 2.24) is 15.0 Å². The van der Waals surface area contributed by atoms with Gasteiger partial charge in [0.1, 0.15) is 11.2 Å². The van der Waals surface area contributed by atoms with E-state index in [1.54, 1.807) is 0 Å². The van der Waals surface area contributed by atoms with Crippen LogP contribution in [0, 0.1) is 0 Å². The van der Waals surface area contributed by atoms with E-state index < -0.39 is 254 Å². The van der Waals surface area contributed by atoms with E-state index in [0.717, 1.165) is 0 Å². The van der Waals surface area contributed by atoms with Crippen LogP contribution in [-0.2, 0) is 0 Å². The summed E-state index contributed by atoms with van der Waals surface area (Å²) in [5.41, 5.74) is -4.25. The van der Waals surface area contributed by atoms with Crippen molar-refractivity contribution in [3.05, 3.63) is 150 Å². The molecule has 4 unspecified atom stereocenters. The first-order chi connectivity index (χ1) is 34.5. The summed E-state index contributed by atoms with van der Waals surface area (Å²) in [6, 6.07) is -18.4. The molecule has 226 valence electrons. The molecule has 9 rings (SSSR count). The molecular formula is C43H33N3O. The van der Waals surface area contributed by atoms with Gasteiger partial charge in [0.25, 0.3) is 0 Å². The fourth-order valence-corrected chi connectivity index (χ4v) is 5.07. The van der Waals surface area contributed by atoms with E-state index in [9.17, 15) is 11.0 Å². The van der Waals surface area contributed by atoms with Crippen molar-refractivity contribution in [1.29, 1.82) is 0 Å². The monoisotopic (exact) mass is 634 g/mol. The second-order valence-corrected chi connectivity index (χ2v) is 10.2. The summed E-state index contributed by atoms with van der Waals surface area (Å²) in [6.07, 6.45) is -7.47. The van der Waals surface area contributed by atoms with E-state index in [2.05, 4.69) is 15.0 Å². The topological polar surface area (TPSA) is 51.8 Å². The van der Waals surface area contributed by atoms with Gasteiger partial charge in [0, 0.05) is 32.9 Å². The number of hydrogen-bond acceptors (Lipinski definition) is 4. The summed E-state index contributed by atoms with van der Waals surface area (Å²) in [5.74, 6) is -5.65. The predicted molar refractivity (Wildman–Crippen MR) is 191 cm³/mol. The summed E-state index contributed by atoms with van der Waals surface area (Å²) < 4.78 is 242. The third kappa shape index (κ3) is 5.26. The molecule has 4 heteroatoms. The lowest BCUT2D eigenvalue weighted by molar-refractivity contribution is 0.397. The molecule has 2 heterocycles. The van der Waals surface area contributed by atoms with Gasteiger partial charge in [-0.3, -0.25) is 0 Å². The summed E-state index contributed by atoms with van der Waals surface area (Å²) in [7, 11) is 0. The van der Waals surface area contributed by atoms with E-state index in [1.807, 2.05) is 0 Å². The van der Waals surface area contributed by atoms with Gasteiger partial charge in [0.05, 0.1) is 31.5 Å². The van der Waals surface area contributed by atoms with Crippen molar-refractivity contribution in [2.75, 3.05) is 0 Å². The second-order valence-electron chi connectivity index (χ2n) is 10.2. The fraction of sp³-hybridized carbons (Fsp3) is 0.140. The first kappa shape index (κ1) is 11.6. The van der Waals surface area contributed by atoms with Crippen LogP contribution in [0.4, 0.5) is 0 Å². The maximum absolute atomic E-state index is 9.48. The van der Waals surface area contributed by atoms with Gasteiger partial charge < -0.3 is 4.42 Å². The maximum atomic E-state index is 9.48. The van der Waals surface area contributed by atoms with Crippen LogP contribution >= 0.6 is 0 Å². The van der Waals surface area contributed by atoms with Crippen LogP contribution in [0.2, 0.25) is 0 Å². The van der Waals surface area contributed by atoms with Gasteiger partial charge in [0.15, 0.2) is 17.5 Å². The summed E-state index contributed by atoms with van der Waals surface area (Å²) >= 11 is 0. The molecule has 47 heavy (non-hydrogen) atoms. The highest BCUT2D eigenvalue weighted by atomic mass is 16.3. The Balaban J connectivity index is 1.25. The number of hydrogen-bond donors (Lipinski definition) is 0. The number of furan rings is 1. The van der Waals surface area contributed by atoms with Crippen LogP contribution in [-0.4, -0.2) is 15.0 Å². The van der Waals surface area contributed by atoms with Crippen LogP contribution in [0.25, 0.3) is 66.9 Å². The Morgan fingerprint density at radius 2 is 1.02 bits per heavy atom. The highest BCUT2D eigenvalue weighted by molar-refractivity contribution is 6.06. The number of aromatic nitrogens is 3. The molecule has 0 spiro atoms. The van der Waals surface area contributed by atoms with Crippen LogP contribution in [0.3, 0.4) is 0 Å². The van der Waals surface area contributed by atoms with Crippen molar-refractivity contribution in [3.8, 4) is 34.2 Å². The van der Waals surface area contributed by atoms with Gasteiger partial charge in [-0.2, -0.15) is 0 Å². The smallest absolute Gasteiger partial charge is 0.164 e. The summed E-state index contributed by atoms with van der Waals surface area (Å²) in [4.78, 5) is 12.7. The average Bonchev–Trinajstić information content (AvgIpc) is 3.78. The minimum atomic E-state index is -1.88. The van der Waals surface area contributed by atoms with E-state index in [1.165, 1.54) is 0 Å². The lowest BCUT2D eigenvalue weighted by Gasteiger charge is -2.29. The SMILES string of the molecule is [2H]c1c([2H])c([2H])c(-c2nc(-c3c([2H])c([2H])c([2H])c([2H])c3[2H])nc(-c3c([2H])c([2H])c4c(oc5c([2H])c([2H])c(C6C([2H])C([2H])C(c7c([2H])c([2H])c8c([2H])c([2H])c([2H])c([2H])c8c7[2H])C([2H])C6[2H])c([2H])c54)c3[2H])n2)c([2H])c1[2H]. The molecule has 0 aliphatic heterocycles. The Morgan fingerprint density at radius 1 is 0.468 bits per heavy atom. The zero-order valence-electron chi connectivity index (χ0n) is 50.7. The third-order valence-corrected chi connectivity index (χ3v) is 7.32. The molecule has 2 aromatic heterocycles. The molecule has 0 bridgehead atoms. The second kappa shape index (κ2) is 11.6. The normalized spacial score (nSPS) is 30.9. The summed E-state index contributed by atoms with van der Waals surface area (Å²) in [5, 5.41) is -1.85. The Hall–Kier alpha value is -5.61. The Bertz CT molecular complexity index is 3680. The average molecular weight is 635 g/mol. The molecule has 1 aliphatic rings. The molecule has 0 saturated heterocycles. The van der Waals surface area contributed by atoms with Gasteiger partial charge in [0.2, 0.25) is 0 Å². The molecule has 0 amide bonds. The Labute approximate surface area is 311 Å². The van der Waals surface area contributed by atoms with Gasteiger partial charge in [-0.25, -0.2) is 15.0 Å². The van der Waals surface area contributed by atoms with Gasteiger partial charge in [-0.1, -0.05) is 115 Å². The van der Waals surface area contributed by atoms with Crippen LogP contribution in [0.1, 0.15) is 85.6 Å². The number of rotatable bonds is 5. The zero-order chi connectivity index (χ0) is 54.7. The van der Waals surface area contributed by atoms with E-state index in [4.69, 9.17) is 30.5 Å². The number of nitrogens with zero attached hydrogens (tertiary/aromatic N) is 3. The molecule has 1 aliphatic carbocycles.